The van der Waals surface area contributed by atoms with Crippen LogP contribution in [0.1, 0.15) is 25.3 Å². The van der Waals surface area contributed by atoms with Crippen LogP contribution in [0.3, 0.4) is 0 Å². The highest BCUT2D eigenvalue weighted by Gasteiger charge is 2.23. The summed E-state index contributed by atoms with van der Waals surface area (Å²) in [5.41, 5.74) is 4.54. The zero-order valence-corrected chi connectivity index (χ0v) is 21.6. The van der Waals surface area contributed by atoms with Crippen LogP contribution in [0.25, 0.3) is 22.2 Å². The van der Waals surface area contributed by atoms with Gasteiger partial charge < -0.3 is 14.2 Å². The van der Waals surface area contributed by atoms with E-state index in [4.69, 9.17) is 4.74 Å². The van der Waals surface area contributed by atoms with E-state index in [1.54, 1.807) is 24.3 Å². The molecule has 4 aromatic rings. The monoisotopic (exact) mass is 506 g/mol. The van der Waals surface area contributed by atoms with Gasteiger partial charge in [0.2, 0.25) is 11.8 Å². The van der Waals surface area contributed by atoms with E-state index in [0.717, 1.165) is 66.0 Å². The molecule has 0 N–H and O–H groups in total. The number of nitrogens with zero attached hydrogens (tertiary/aromatic N) is 6. The molecule has 0 unspecified atom stereocenters. The number of piperidine rings is 1. The maximum Gasteiger partial charge on any atom is 0.241 e. The molecule has 1 saturated heterocycles. The van der Waals surface area contributed by atoms with E-state index in [0.29, 0.717) is 23.3 Å². The van der Waals surface area contributed by atoms with Gasteiger partial charge in [-0.1, -0.05) is 19.1 Å². The molecule has 1 fully saturated rings. The number of rotatable bonds is 7. The number of hydrogen-bond acceptors (Lipinski definition) is 8. The third-order valence-electron chi connectivity index (χ3n) is 6.77. The molecular weight excluding hydrogens is 476 g/mol. The molecule has 0 radical (unpaired) electrons. The van der Waals surface area contributed by atoms with Gasteiger partial charge in [0.15, 0.2) is 9.84 Å². The number of anilines is 1. The van der Waals surface area contributed by atoms with E-state index in [2.05, 4.69) is 31.8 Å². The topological polar surface area (TPSA) is 103 Å². The highest BCUT2D eigenvalue weighted by Crippen LogP contribution is 2.33. The Labute approximate surface area is 211 Å². The molecule has 1 aliphatic heterocycles. The zero-order chi connectivity index (χ0) is 25.3. The summed E-state index contributed by atoms with van der Waals surface area (Å²) < 4.78 is 31.8. The fourth-order valence-electron chi connectivity index (χ4n) is 4.59. The molecule has 1 aromatic carbocycles. The van der Waals surface area contributed by atoms with E-state index in [1.165, 1.54) is 12.6 Å². The molecule has 0 bridgehead atoms. The molecule has 0 aliphatic carbocycles. The highest BCUT2D eigenvalue weighted by atomic mass is 32.2. The van der Waals surface area contributed by atoms with Gasteiger partial charge in [-0.3, -0.25) is 0 Å². The van der Waals surface area contributed by atoms with Crippen LogP contribution in [0.2, 0.25) is 0 Å². The second-order valence-corrected chi connectivity index (χ2v) is 11.3. The second-order valence-electron chi connectivity index (χ2n) is 9.31. The first-order valence-electron chi connectivity index (χ1n) is 12.1. The maximum atomic E-state index is 11.8. The average Bonchev–Trinajstić information content (AvgIpc) is 3.24. The third-order valence-corrected chi connectivity index (χ3v) is 7.89. The van der Waals surface area contributed by atoms with Crippen molar-refractivity contribution in [1.29, 1.82) is 0 Å². The Morgan fingerprint density at radius 2 is 1.72 bits per heavy atom. The first-order chi connectivity index (χ1) is 17.3. The lowest BCUT2D eigenvalue weighted by atomic mass is 9.98. The van der Waals surface area contributed by atoms with Crippen LogP contribution < -0.4 is 9.64 Å². The van der Waals surface area contributed by atoms with Crippen molar-refractivity contribution in [2.45, 2.75) is 31.1 Å². The van der Waals surface area contributed by atoms with E-state index >= 15 is 0 Å². The Morgan fingerprint density at radius 3 is 2.36 bits per heavy atom. The van der Waals surface area contributed by atoms with Crippen molar-refractivity contribution in [3.63, 3.8) is 0 Å². The van der Waals surface area contributed by atoms with Crippen molar-refractivity contribution in [2.24, 2.45) is 13.0 Å². The van der Waals surface area contributed by atoms with Crippen LogP contribution in [-0.2, 0) is 23.3 Å². The lowest BCUT2D eigenvalue weighted by Crippen LogP contribution is -2.36. The fraction of sp³-hybridized carbons (Fsp3) is 0.385. The van der Waals surface area contributed by atoms with E-state index in [9.17, 15) is 8.42 Å². The maximum absolute atomic E-state index is 11.8. The molecule has 1 aliphatic rings. The van der Waals surface area contributed by atoms with Gasteiger partial charge in [0.05, 0.1) is 11.5 Å². The number of ether oxygens (including phenoxy) is 1. The van der Waals surface area contributed by atoms with Gasteiger partial charge in [0.1, 0.15) is 17.4 Å². The van der Waals surface area contributed by atoms with Gasteiger partial charge in [0.25, 0.3) is 0 Å². The normalized spacial score (nSPS) is 14.9. The van der Waals surface area contributed by atoms with E-state index in [1.807, 2.05) is 30.2 Å². The Balaban J connectivity index is 1.28. The number of hydrogen-bond donors (Lipinski definition) is 0. The fourth-order valence-corrected chi connectivity index (χ4v) is 5.22. The molecule has 0 spiro atoms. The smallest absolute Gasteiger partial charge is 0.241 e. The van der Waals surface area contributed by atoms with Crippen molar-refractivity contribution >= 4 is 26.8 Å². The Kier molecular flexibility index (Phi) is 6.61. The first kappa shape index (κ1) is 24.2. The summed E-state index contributed by atoms with van der Waals surface area (Å²) in [5.74, 6) is 1.77. The largest absolute Gasteiger partial charge is 0.476 e. The van der Waals surface area contributed by atoms with Crippen molar-refractivity contribution in [1.82, 2.24) is 24.5 Å². The Bertz CT molecular complexity index is 1460. The van der Waals surface area contributed by atoms with Gasteiger partial charge in [-0.25, -0.2) is 23.4 Å². The molecule has 0 amide bonds. The van der Waals surface area contributed by atoms with Crippen LogP contribution in [0, 0.1) is 5.92 Å². The minimum atomic E-state index is -3.25. The molecule has 0 saturated carbocycles. The summed E-state index contributed by atoms with van der Waals surface area (Å²) >= 11 is 0. The highest BCUT2D eigenvalue weighted by molar-refractivity contribution is 7.90. The standard InChI is InChI=1S/C26H30N6O3S/c1-4-18-13-27-26(28-14-18)32-11-9-19(10-12-32)16-35-25-24-23(29-17-30-25)22(15-31(24)2)20-5-7-21(8-6-20)36(3,33)34/h5-8,13-15,17,19H,4,9-12,16H2,1-3H3. The first-order valence-corrected chi connectivity index (χ1v) is 14.0. The number of benzene rings is 1. The minimum absolute atomic E-state index is 0.292. The van der Waals surface area contributed by atoms with Gasteiger partial charge >= 0.3 is 0 Å². The predicted molar refractivity (Wildman–Crippen MR) is 139 cm³/mol. The van der Waals surface area contributed by atoms with Crippen LogP contribution >= 0.6 is 0 Å². The Morgan fingerprint density at radius 1 is 1.03 bits per heavy atom. The number of aromatic nitrogens is 5. The Hall–Kier alpha value is -3.53. The number of fused-ring (bicyclic) bond motifs is 1. The summed E-state index contributed by atoms with van der Waals surface area (Å²) in [5, 5.41) is 0. The SMILES string of the molecule is CCc1cnc(N2CCC(COc3ncnc4c(-c5ccc(S(C)(=O)=O)cc5)cn(C)c34)CC2)nc1. The van der Waals surface area contributed by atoms with E-state index < -0.39 is 9.84 Å². The molecule has 0 atom stereocenters. The van der Waals surface area contributed by atoms with Crippen LogP contribution in [0.4, 0.5) is 5.95 Å². The van der Waals surface area contributed by atoms with Gasteiger partial charge in [-0.15, -0.1) is 0 Å². The summed E-state index contributed by atoms with van der Waals surface area (Å²) in [4.78, 5) is 20.5. The van der Waals surface area contributed by atoms with Crippen LogP contribution in [-0.4, -0.2) is 58.9 Å². The third kappa shape index (κ3) is 4.90. The van der Waals surface area contributed by atoms with E-state index in [-0.39, 0.29) is 0 Å². The lowest BCUT2D eigenvalue weighted by Gasteiger charge is -2.31. The number of sulfone groups is 1. The average molecular weight is 507 g/mol. The van der Waals surface area contributed by atoms with Crippen molar-refractivity contribution in [3.05, 3.63) is 54.7 Å². The van der Waals surface area contributed by atoms with Gasteiger partial charge in [-0.05, 0) is 48.4 Å². The molecule has 36 heavy (non-hydrogen) atoms. The van der Waals surface area contributed by atoms with Crippen molar-refractivity contribution in [3.8, 4) is 17.0 Å². The van der Waals surface area contributed by atoms with Crippen molar-refractivity contribution < 1.29 is 13.2 Å². The second kappa shape index (κ2) is 9.85. The zero-order valence-electron chi connectivity index (χ0n) is 20.8. The molecule has 3 aromatic heterocycles. The minimum Gasteiger partial charge on any atom is -0.476 e. The molecule has 4 heterocycles. The van der Waals surface area contributed by atoms with Crippen LogP contribution in [0.5, 0.6) is 5.88 Å². The predicted octanol–water partition coefficient (Wildman–Crippen LogP) is 3.69. The van der Waals surface area contributed by atoms with Crippen LogP contribution in [0.15, 0.2) is 54.1 Å². The summed E-state index contributed by atoms with van der Waals surface area (Å²) in [6, 6.07) is 6.86. The summed E-state index contributed by atoms with van der Waals surface area (Å²) in [7, 11) is -1.31. The molecule has 9 nitrogen and oxygen atoms in total. The summed E-state index contributed by atoms with van der Waals surface area (Å²) in [6.07, 6.45) is 11.5. The lowest BCUT2D eigenvalue weighted by molar-refractivity contribution is 0.217. The molecule has 188 valence electrons. The van der Waals surface area contributed by atoms with Gasteiger partial charge in [0, 0.05) is 50.5 Å². The van der Waals surface area contributed by atoms with Crippen molar-refractivity contribution in [2.75, 3.05) is 30.9 Å². The van der Waals surface area contributed by atoms with Gasteiger partial charge in [-0.2, -0.15) is 4.98 Å². The molecule has 10 heteroatoms. The number of aryl methyl sites for hydroxylation is 2. The molecule has 5 rings (SSSR count). The quantitative estimate of drug-likeness (QED) is 0.374. The molecular formula is C26H30N6O3S. The summed E-state index contributed by atoms with van der Waals surface area (Å²) in [6.45, 7) is 4.48.